The minimum absolute atomic E-state index is 0.0991. The van der Waals surface area contributed by atoms with Crippen molar-refractivity contribution < 1.29 is 14.3 Å². The number of ketones is 1. The maximum Gasteiger partial charge on any atom is 0.309 e. The molecule has 0 N–H and O–H groups in total. The van der Waals surface area contributed by atoms with Crippen LogP contribution in [0.2, 0.25) is 6.32 Å². The van der Waals surface area contributed by atoms with Gasteiger partial charge in [0, 0.05) is 5.92 Å². The van der Waals surface area contributed by atoms with Gasteiger partial charge in [0.15, 0.2) is 0 Å². The fraction of sp³-hybridized carbons (Fsp3) is 0.833. The molecule has 0 bridgehead atoms. The summed E-state index contributed by atoms with van der Waals surface area (Å²) in [7, 11) is 5.40. The summed E-state index contributed by atoms with van der Waals surface area (Å²) in [5.41, 5.74) is 0. The van der Waals surface area contributed by atoms with Crippen LogP contribution in [0.15, 0.2) is 0 Å². The quantitative estimate of drug-likeness (QED) is 0.539. The van der Waals surface area contributed by atoms with Crippen LogP contribution >= 0.6 is 0 Å². The van der Waals surface area contributed by atoms with Gasteiger partial charge < -0.3 is 4.74 Å². The van der Waals surface area contributed by atoms with Gasteiger partial charge in [-0.2, -0.15) is 0 Å². The van der Waals surface area contributed by atoms with Crippen LogP contribution in [0.25, 0.3) is 0 Å². The molecule has 3 unspecified atom stereocenters. The van der Waals surface area contributed by atoms with E-state index in [1.165, 1.54) is 0 Å². The van der Waals surface area contributed by atoms with Crippen LogP contribution in [0.1, 0.15) is 39.5 Å². The van der Waals surface area contributed by atoms with Crippen molar-refractivity contribution in [2.24, 2.45) is 11.8 Å². The molecule has 1 rings (SSSR count). The van der Waals surface area contributed by atoms with Crippen molar-refractivity contribution in [3.63, 3.8) is 0 Å². The van der Waals surface area contributed by atoms with Crippen molar-refractivity contribution in [1.29, 1.82) is 0 Å². The third-order valence-corrected chi connectivity index (χ3v) is 3.24. The van der Waals surface area contributed by atoms with Gasteiger partial charge in [0.2, 0.25) is 0 Å². The highest BCUT2D eigenvalue weighted by atomic mass is 16.5. The topological polar surface area (TPSA) is 43.4 Å². The summed E-state index contributed by atoms with van der Waals surface area (Å²) in [6.07, 6.45) is 3.67. The molecule has 1 fully saturated rings. The molecule has 3 nitrogen and oxygen atoms in total. The number of carbonyl (C=O) groups is 2. The first-order chi connectivity index (χ1) is 7.56. The third kappa shape index (κ3) is 3.36. The lowest BCUT2D eigenvalue weighted by Crippen LogP contribution is -2.34. The average molecular weight is 222 g/mol. The van der Waals surface area contributed by atoms with Gasteiger partial charge in [-0.15, -0.1) is 0 Å². The molecular weight excluding hydrogens is 203 g/mol. The SMILES string of the molecule is [B]CC(C)OC(=O)C1CCCCC1C(C)=O. The second-order valence-corrected chi connectivity index (χ2v) is 4.59. The Hall–Kier alpha value is -0.795. The first-order valence-electron chi connectivity index (χ1n) is 5.97. The molecular formula is C12H19BO3. The molecule has 16 heavy (non-hydrogen) atoms. The summed E-state index contributed by atoms with van der Waals surface area (Å²) in [6.45, 7) is 3.33. The molecule has 0 aromatic heterocycles. The molecule has 0 spiro atoms. The molecule has 0 saturated heterocycles. The van der Waals surface area contributed by atoms with Gasteiger partial charge in [0.25, 0.3) is 0 Å². The Balaban J connectivity index is 2.60. The summed E-state index contributed by atoms with van der Waals surface area (Å²) in [5.74, 6) is -0.550. The Morgan fingerprint density at radius 2 is 1.88 bits per heavy atom. The number of hydrogen-bond donors (Lipinski definition) is 0. The fourth-order valence-corrected chi connectivity index (χ4v) is 2.23. The molecule has 4 heteroatoms. The van der Waals surface area contributed by atoms with Gasteiger partial charge >= 0.3 is 5.97 Å². The summed E-state index contributed by atoms with van der Waals surface area (Å²) >= 11 is 0. The van der Waals surface area contributed by atoms with Gasteiger partial charge in [-0.1, -0.05) is 19.2 Å². The van der Waals surface area contributed by atoms with Gasteiger partial charge in [0.1, 0.15) is 5.78 Å². The summed E-state index contributed by atoms with van der Waals surface area (Å²) in [6, 6.07) is 0. The Labute approximate surface area is 98.3 Å². The number of carbonyl (C=O) groups excluding carboxylic acids is 2. The zero-order chi connectivity index (χ0) is 12.1. The van der Waals surface area contributed by atoms with Crippen LogP contribution in [-0.2, 0) is 14.3 Å². The average Bonchev–Trinajstić information content (AvgIpc) is 2.28. The minimum atomic E-state index is -0.262. The molecule has 3 atom stereocenters. The van der Waals surface area contributed by atoms with E-state index in [2.05, 4.69) is 0 Å². The molecule has 2 radical (unpaired) electrons. The van der Waals surface area contributed by atoms with Crippen LogP contribution in [-0.4, -0.2) is 25.7 Å². The Kier molecular flexibility index (Phi) is 5.03. The highest BCUT2D eigenvalue weighted by Crippen LogP contribution is 2.31. The van der Waals surface area contributed by atoms with Gasteiger partial charge in [-0.25, -0.2) is 0 Å². The number of hydrogen-bond acceptors (Lipinski definition) is 3. The van der Waals surface area contributed by atoms with Crippen LogP contribution in [0.5, 0.6) is 0 Å². The predicted molar refractivity (Wildman–Crippen MR) is 62.2 cm³/mol. The largest absolute Gasteiger partial charge is 0.463 e. The third-order valence-electron chi connectivity index (χ3n) is 3.24. The molecule has 0 heterocycles. The number of esters is 1. The number of Topliss-reactive ketones (excluding diaryl/α,β-unsaturated/α-hetero) is 1. The van der Waals surface area contributed by atoms with Crippen LogP contribution in [0.3, 0.4) is 0 Å². The highest BCUT2D eigenvalue weighted by Gasteiger charge is 2.35. The van der Waals surface area contributed by atoms with Gasteiger partial charge in [-0.05, 0) is 26.7 Å². The molecule has 1 aliphatic carbocycles. The molecule has 88 valence electrons. The van der Waals surface area contributed by atoms with E-state index in [1.54, 1.807) is 13.8 Å². The van der Waals surface area contributed by atoms with Crippen molar-refractivity contribution in [2.75, 3.05) is 0 Å². The van der Waals surface area contributed by atoms with Crippen LogP contribution in [0.4, 0.5) is 0 Å². The monoisotopic (exact) mass is 222 g/mol. The van der Waals surface area contributed by atoms with Crippen LogP contribution in [0, 0.1) is 11.8 Å². The molecule has 1 aliphatic rings. The zero-order valence-corrected chi connectivity index (χ0v) is 10.1. The van der Waals surface area contributed by atoms with E-state index in [0.29, 0.717) is 6.32 Å². The molecule has 0 aromatic carbocycles. The second-order valence-electron chi connectivity index (χ2n) is 4.59. The van der Waals surface area contributed by atoms with Gasteiger partial charge in [-0.3, -0.25) is 9.59 Å². The lowest BCUT2D eigenvalue weighted by Gasteiger charge is -2.28. The first kappa shape index (κ1) is 13.3. The summed E-state index contributed by atoms with van der Waals surface area (Å²) < 4.78 is 5.20. The van der Waals surface area contributed by atoms with Crippen molar-refractivity contribution in [1.82, 2.24) is 0 Å². The minimum Gasteiger partial charge on any atom is -0.463 e. The molecule has 1 saturated carbocycles. The van der Waals surface area contributed by atoms with Gasteiger partial charge in [0.05, 0.1) is 19.9 Å². The van der Waals surface area contributed by atoms with Crippen molar-refractivity contribution in [2.45, 2.75) is 52.0 Å². The number of rotatable bonds is 4. The van der Waals surface area contributed by atoms with E-state index >= 15 is 0 Å². The zero-order valence-electron chi connectivity index (χ0n) is 10.1. The first-order valence-corrected chi connectivity index (χ1v) is 5.97. The predicted octanol–water partition coefficient (Wildman–Crippen LogP) is 1.90. The maximum absolute atomic E-state index is 11.9. The molecule has 0 aliphatic heterocycles. The number of ether oxygens (including phenoxy) is 1. The van der Waals surface area contributed by atoms with E-state index < -0.39 is 0 Å². The summed E-state index contributed by atoms with van der Waals surface area (Å²) in [5, 5.41) is 0. The van der Waals surface area contributed by atoms with E-state index in [1.807, 2.05) is 0 Å². The van der Waals surface area contributed by atoms with Crippen molar-refractivity contribution in [3.05, 3.63) is 0 Å². The maximum atomic E-state index is 11.9. The lowest BCUT2D eigenvalue weighted by atomic mass is 9.77. The molecule has 0 aromatic rings. The van der Waals surface area contributed by atoms with E-state index in [-0.39, 0.29) is 29.7 Å². The van der Waals surface area contributed by atoms with Crippen molar-refractivity contribution >= 4 is 19.6 Å². The van der Waals surface area contributed by atoms with E-state index in [9.17, 15) is 9.59 Å². The lowest BCUT2D eigenvalue weighted by molar-refractivity contribution is -0.157. The normalized spacial score (nSPS) is 27.1. The Morgan fingerprint density at radius 1 is 1.31 bits per heavy atom. The standard InChI is InChI=1S/C12H19BO3/c1-8(7-13)16-12(15)11-6-4-3-5-10(11)9(2)14/h8,10-11H,3-7H2,1-2H3. The van der Waals surface area contributed by atoms with E-state index in [0.717, 1.165) is 25.7 Å². The van der Waals surface area contributed by atoms with Crippen LogP contribution < -0.4 is 0 Å². The second kappa shape index (κ2) is 6.07. The highest BCUT2D eigenvalue weighted by molar-refractivity contribution is 6.08. The smallest absolute Gasteiger partial charge is 0.309 e. The van der Waals surface area contributed by atoms with E-state index in [4.69, 9.17) is 12.6 Å². The Bertz CT molecular complexity index is 265. The molecule has 0 amide bonds. The Morgan fingerprint density at radius 3 is 2.38 bits per heavy atom. The summed E-state index contributed by atoms with van der Waals surface area (Å²) in [4.78, 5) is 23.3. The fourth-order valence-electron chi connectivity index (χ4n) is 2.23. The van der Waals surface area contributed by atoms with Crippen molar-refractivity contribution in [3.8, 4) is 0 Å².